The molecule has 2 atom stereocenters. The number of rotatable bonds is 7. The summed E-state index contributed by atoms with van der Waals surface area (Å²) in [6, 6.07) is 0. The van der Waals surface area contributed by atoms with E-state index in [-0.39, 0.29) is 12.8 Å². The van der Waals surface area contributed by atoms with Crippen LogP contribution in [0.4, 0.5) is 0 Å². The number of carbonyl (C=O) groups is 2. The summed E-state index contributed by atoms with van der Waals surface area (Å²) in [4.78, 5) is 26.5. The van der Waals surface area contributed by atoms with Crippen LogP contribution in [0.3, 0.4) is 0 Å². The van der Waals surface area contributed by atoms with Crippen LogP contribution in [0.1, 0.15) is 68.2 Å². The molecule has 0 aromatic rings. The molecule has 0 aromatic carbocycles. The van der Waals surface area contributed by atoms with E-state index in [0.717, 1.165) is 0 Å². The highest BCUT2D eigenvalue weighted by molar-refractivity contribution is 5.82. The largest absolute Gasteiger partial charge is 0.460 e. The first kappa shape index (κ1) is 25.0. The van der Waals surface area contributed by atoms with E-state index in [0.29, 0.717) is 26.4 Å². The van der Waals surface area contributed by atoms with Crippen molar-refractivity contribution in [2.45, 2.75) is 91.0 Å². The Morgan fingerprint density at radius 2 is 0.967 bits per heavy atom. The molecule has 2 rings (SSSR count). The minimum absolute atomic E-state index is 0.155. The van der Waals surface area contributed by atoms with Crippen molar-refractivity contribution in [3.05, 3.63) is 0 Å². The maximum Gasteiger partial charge on any atom is 0.310 e. The molecule has 2 saturated heterocycles. The van der Waals surface area contributed by atoms with E-state index in [1.54, 1.807) is 55.4 Å². The summed E-state index contributed by atoms with van der Waals surface area (Å²) in [6.07, 6.45) is 0.309. The predicted molar refractivity (Wildman–Crippen MR) is 109 cm³/mol. The molecule has 174 valence electrons. The second-order valence-electron chi connectivity index (χ2n) is 10.3. The number of hydrogen-bond acceptors (Lipinski definition) is 8. The molecule has 0 radical (unpaired) electrons. The zero-order valence-corrected chi connectivity index (χ0v) is 19.7. The van der Waals surface area contributed by atoms with Crippen molar-refractivity contribution in [3.8, 4) is 0 Å². The van der Waals surface area contributed by atoms with E-state index >= 15 is 0 Å². The van der Waals surface area contributed by atoms with E-state index in [1.165, 1.54) is 0 Å². The number of esters is 2. The Labute approximate surface area is 179 Å². The lowest BCUT2D eigenvalue weighted by Crippen LogP contribution is -2.45. The molecule has 0 amide bonds. The summed E-state index contributed by atoms with van der Waals surface area (Å²) >= 11 is 0. The van der Waals surface area contributed by atoms with Crippen LogP contribution in [0.5, 0.6) is 0 Å². The standard InChI is InChI=1S/C22H38O8/c1-19(2,3)29-17(23)15(13-21(7)25-9-10-26-21)16(18(24)30-20(4,5)6)14-22(8)27-11-12-28-22/h15-16H,9-14H2,1-8H3. The summed E-state index contributed by atoms with van der Waals surface area (Å²) in [5.74, 6) is -4.68. The molecular formula is C22H38O8. The van der Waals surface area contributed by atoms with Crippen molar-refractivity contribution < 1.29 is 38.0 Å². The summed E-state index contributed by atoms with van der Waals surface area (Å²) in [5.41, 5.74) is -1.42. The van der Waals surface area contributed by atoms with Gasteiger partial charge in [-0.3, -0.25) is 9.59 Å². The van der Waals surface area contributed by atoms with Gasteiger partial charge in [-0.25, -0.2) is 0 Å². The highest BCUT2D eigenvalue weighted by atomic mass is 16.7. The Kier molecular flexibility index (Phi) is 7.60. The van der Waals surface area contributed by atoms with E-state index in [4.69, 9.17) is 28.4 Å². The van der Waals surface area contributed by atoms with E-state index in [9.17, 15) is 9.59 Å². The van der Waals surface area contributed by atoms with Gasteiger partial charge in [-0.2, -0.15) is 0 Å². The first-order chi connectivity index (χ1) is 13.6. The average Bonchev–Trinajstić information content (AvgIpc) is 3.17. The lowest BCUT2D eigenvalue weighted by atomic mass is 9.82. The van der Waals surface area contributed by atoms with Crippen molar-refractivity contribution in [2.75, 3.05) is 26.4 Å². The first-order valence-corrected chi connectivity index (χ1v) is 10.6. The SMILES string of the molecule is CC(C)(C)OC(=O)C(CC1(C)OCCO1)C(CC1(C)OCCO1)C(=O)OC(C)(C)C. The Morgan fingerprint density at radius 1 is 0.700 bits per heavy atom. The molecule has 30 heavy (non-hydrogen) atoms. The quantitative estimate of drug-likeness (QED) is 0.569. The molecule has 0 aliphatic carbocycles. The molecule has 0 saturated carbocycles. The van der Waals surface area contributed by atoms with Crippen LogP contribution in [0, 0.1) is 11.8 Å². The van der Waals surface area contributed by atoms with Gasteiger partial charge < -0.3 is 28.4 Å². The van der Waals surface area contributed by atoms with Crippen LogP contribution in [0.15, 0.2) is 0 Å². The van der Waals surface area contributed by atoms with Gasteiger partial charge in [0.05, 0.1) is 38.3 Å². The zero-order chi connectivity index (χ0) is 22.8. The molecule has 0 spiro atoms. The fraction of sp³-hybridized carbons (Fsp3) is 0.909. The fourth-order valence-electron chi connectivity index (χ4n) is 3.68. The molecule has 8 heteroatoms. The zero-order valence-electron chi connectivity index (χ0n) is 19.7. The van der Waals surface area contributed by atoms with Crippen LogP contribution in [-0.2, 0) is 38.0 Å². The van der Waals surface area contributed by atoms with E-state index in [1.807, 2.05) is 0 Å². The third kappa shape index (κ3) is 7.48. The molecule has 2 fully saturated rings. The van der Waals surface area contributed by atoms with Crippen molar-refractivity contribution >= 4 is 11.9 Å². The first-order valence-electron chi connectivity index (χ1n) is 10.6. The second kappa shape index (κ2) is 9.10. The Bertz CT molecular complexity index is 550. The van der Waals surface area contributed by atoms with Crippen molar-refractivity contribution in [1.82, 2.24) is 0 Å². The van der Waals surface area contributed by atoms with E-state index in [2.05, 4.69) is 0 Å². The van der Waals surface area contributed by atoms with Crippen molar-refractivity contribution in [3.63, 3.8) is 0 Å². The molecular weight excluding hydrogens is 392 g/mol. The maximum atomic E-state index is 13.3. The summed E-state index contributed by atoms with van der Waals surface area (Å²) < 4.78 is 34.3. The molecule has 0 N–H and O–H groups in total. The van der Waals surface area contributed by atoms with Crippen molar-refractivity contribution in [1.29, 1.82) is 0 Å². The smallest absolute Gasteiger partial charge is 0.310 e. The van der Waals surface area contributed by atoms with Gasteiger partial charge in [0.25, 0.3) is 0 Å². The molecule has 2 heterocycles. The van der Waals surface area contributed by atoms with Crippen LogP contribution < -0.4 is 0 Å². The van der Waals surface area contributed by atoms with Crippen LogP contribution in [-0.4, -0.2) is 61.1 Å². The van der Waals surface area contributed by atoms with Crippen LogP contribution >= 0.6 is 0 Å². The molecule has 8 nitrogen and oxygen atoms in total. The van der Waals surface area contributed by atoms with Gasteiger partial charge in [-0.05, 0) is 55.4 Å². The Morgan fingerprint density at radius 3 is 1.20 bits per heavy atom. The summed E-state index contributed by atoms with van der Waals surface area (Å²) in [6.45, 7) is 16.0. The minimum atomic E-state index is -0.986. The lowest BCUT2D eigenvalue weighted by molar-refractivity contribution is -0.201. The van der Waals surface area contributed by atoms with Gasteiger partial charge >= 0.3 is 11.9 Å². The highest BCUT2D eigenvalue weighted by Gasteiger charge is 2.48. The van der Waals surface area contributed by atoms with Crippen LogP contribution in [0.25, 0.3) is 0 Å². The molecule has 2 aliphatic heterocycles. The fourth-order valence-corrected chi connectivity index (χ4v) is 3.68. The monoisotopic (exact) mass is 430 g/mol. The Balaban J connectivity index is 2.37. The predicted octanol–water partition coefficient (Wildman–Crippen LogP) is 3.21. The lowest BCUT2D eigenvalue weighted by Gasteiger charge is -2.36. The van der Waals surface area contributed by atoms with Gasteiger partial charge in [0.15, 0.2) is 11.6 Å². The molecule has 0 aromatic heterocycles. The van der Waals surface area contributed by atoms with Gasteiger partial charge in [-0.15, -0.1) is 0 Å². The number of carbonyl (C=O) groups excluding carboxylic acids is 2. The normalized spacial score (nSPS) is 23.1. The van der Waals surface area contributed by atoms with Gasteiger partial charge in [0.1, 0.15) is 11.2 Å². The van der Waals surface area contributed by atoms with Crippen LogP contribution in [0.2, 0.25) is 0 Å². The van der Waals surface area contributed by atoms with Crippen molar-refractivity contribution in [2.24, 2.45) is 11.8 Å². The Hall–Kier alpha value is -1.22. The third-order valence-electron chi connectivity index (χ3n) is 4.88. The summed E-state index contributed by atoms with van der Waals surface area (Å²) in [7, 11) is 0. The van der Waals surface area contributed by atoms with Gasteiger partial charge in [0.2, 0.25) is 0 Å². The maximum absolute atomic E-state index is 13.3. The molecule has 0 bridgehead atoms. The van der Waals surface area contributed by atoms with E-state index < -0.39 is 46.6 Å². The highest BCUT2D eigenvalue weighted by Crippen LogP contribution is 2.38. The van der Waals surface area contributed by atoms with Gasteiger partial charge in [-0.1, -0.05) is 0 Å². The number of ether oxygens (including phenoxy) is 6. The molecule has 2 unspecified atom stereocenters. The minimum Gasteiger partial charge on any atom is -0.460 e. The van der Waals surface area contributed by atoms with Gasteiger partial charge in [0, 0.05) is 12.8 Å². The third-order valence-corrected chi connectivity index (χ3v) is 4.88. The average molecular weight is 431 g/mol. The second-order valence-corrected chi connectivity index (χ2v) is 10.3. The number of hydrogen-bond donors (Lipinski definition) is 0. The summed E-state index contributed by atoms with van der Waals surface area (Å²) in [5, 5.41) is 0. The molecule has 2 aliphatic rings. The topological polar surface area (TPSA) is 89.5 Å².